The van der Waals surface area contributed by atoms with Gasteiger partial charge < -0.3 is 4.42 Å². The van der Waals surface area contributed by atoms with Crippen LogP contribution in [0.5, 0.6) is 0 Å². The monoisotopic (exact) mass is 550 g/mol. The van der Waals surface area contributed by atoms with E-state index in [1.165, 1.54) is 85.5 Å². The van der Waals surface area contributed by atoms with Gasteiger partial charge in [0.05, 0.1) is 0 Å². The second kappa shape index (κ2) is 8.19. The fourth-order valence-corrected chi connectivity index (χ4v) is 8.50. The van der Waals surface area contributed by atoms with Gasteiger partial charge in [-0.3, -0.25) is 0 Å². The summed E-state index contributed by atoms with van der Waals surface area (Å²) in [5, 5.41) is 12.6. The van der Waals surface area contributed by atoms with Crippen LogP contribution < -0.4 is 0 Å². The third-order valence-corrected chi connectivity index (χ3v) is 10.2. The van der Waals surface area contributed by atoms with Gasteiger partial charge in [0.15, 0.2) is 0 Å². The number of furan rings is 1. The quantitative estimate of drug-likeness (QED) is 0.154. The molecular weight excluding hydrogens is 529 g/mol. The SMILES string of the molecule is c1cc2cc(-c3c4ccccc4c(-c4cccc5sc6ccccc6c45)c4ccccc34)c3cccc4oc(c1)c2c43. The number of benzene rings is 8. The Morgan fingerprint density at radius 2 is 0.929 bits per heavy atom. The summed E-state index contributed by atoms with van der Waals surface area (Å²) in [4.78, 5) is 0. The molecule has 2 heterocycles. The molecule has 1 nitrogen and oxygen atoms in total. The van der Waals surface area contributed by atoms with E-state index in [0.717, 1.165) is 11.2 Å². The number of rotatable bonds is 2. The standard InChI is InChI=1S/C40H22OS/c1-3-13-26-24(11-1)37(30-17-9-21-35-39(30)29-15-5-6-20-34(29)42-35)25-12-2-4-14-27(25)38(26)31-22-23-10-7-18-32-36(23)40-28(31)16-8-19-33(40)41-32/h1-22H. The van der Waals surface area contributed by atoms with Crippen molar-refractivity contribution >= 4 is 85.8 Å². The topological polar surface area (TPSA) is 13.1 Å². The van der Waals surface area contributed by atoms with E-state index in [2.05, 4.69) is 133 Å². The van der Waals surface area contributed by atoms with Gasteiger partial charge in [-0.2, -0.15) is 0 Å². The first kappa shape index (κ1) is 22.5. The highest BCUT2D eigenvalue weighted by atomic mass is 32.1. The number of thiophene rings is 1. The minimum absolute atomic E-state index is 0.946. The molecule has 0 saturated carbocycles. The molecule has 0 aliphatic rings. The van der Waals surface area contributed by atoms with Crippen molar-refractivity contribution in [2.75, 3.05) is 0 Å². The normalized spacial score (nSPS) is 12.3. The Hall–Kier alpha value is -5.18. The van der Waals surface area contributed by atoms with Crippen LogP contribution in [0.2, 0.25) is 0 Å². The fourth-order valence-electron chi connectivity index (χ4n) is 7.37. The summed E-state index contributed by atoms with van der Waals surface area (Å²) < 4.78 is 8.98. The van der Waals surface area contributed by atoms with E-state index >= 15 is 0 Å². The Morgan fingerprint density at radius 1 is 0.381 bits per heavy atom. The maximum atomic E-state index is 6.33. The minimum Gasteiger partial charge on any atom is -0.456 e. The molecule has 0 spiro atoms. The summed E-state index contributed by atoms with van der Waals surface area (Å²) >= 11 is 1.88. The molecule has 10 rings (SSSR count). The Balaban J connectivity index is 1.41. The van der Waals surface area contributed by atoms with E-state index in [0.29, 0.717) is 0 Å². The molecule has 0 aliphatic carbocycles. The molecule has 0 bridgehead atoms. The first-order valence-electron chi connectivity index (χ1n) is 14.4. The van der Waals surface area contributed by atoms with Gasteiger partial charge in [-0.1, -0.05) is 103 Å². The van der Waals surface area contributed by atoms with Crippen molar-refractivity contribution in [1.82, 2.24) is 0 Å². The van der Waals surface area contributed by atoms with Gasteiger partial charge in [0.2, 0.25) is 0 Å². The molecule has 0 radical (unpaired) electrons. The fraction of sp³-hybridized carbons (Fsp3) is 0. The summed E-state index contributed by atoms with van der Waals surface area (Å²) in [5.41, 5.74) is 7.03. The van der Waals surface area contributed by atoms with E-state index < -0.39 is 0 Å². The molecule has 42 heavy (non-hydrogen) atoms. The van der Waals surface area contributed by atoms with Gasteiger partial charge in [0.1, 0.15) is 11.2 Å². The van der Waals surface area contributed by atoms with Crippen molar-refractivity contribution in [2.24, 2.45) is 0 Å². The van der Waals surface area contributed by atoms with E-state index in [1.54, 1.807) is 0 Å². The summed E-state index contributed by atoms with van der Waals surface area (Å²) in [6.45, 7) is 0. The smallest absolute Gasteiger partial charge is 0.136 e. The zero-order valence-corrected chi connectivity index (χ0v) is 23.3. The lowest BCUT2D eigenvalue weighted by Gasteiger charge is -2.19. The summed E-state index contributed by atoms with van der Waals surface area (Å²) in [5.74, 6) is 0. The molecule has 0 amide bonds. The van der Waals surface area contributed by atoms with Crippen LogP contribution in [0.25, 0.3) is 96.7 Å². The lowest BCUT2D eigenvalue weighted by molar-refractivity contribution is 0.669. The average Bonchev–Trinajstić information content (AvgIpc) is 3.62. The van der Waals surface area contributed by atoms with Crippen molar-refractivity contribution in [3.05, 3.63) is 133 Å². The van der Waals surface area contributed by atoms with Crippen molar-refractivity contribution in [2.45, 2.75) is 0 Å². The van der Waals surface area contributed by atoms with Crippen LogP contribution in [-0.2, 0) is 0 Å². The predicted molar refractivity (Wildman–Crippen MR) is 181 cm³/mol. The third-order valence-electron chi connectivity index (χ3n) is 9.02. The molecule has 0 N–H and O–H groups in total. The summed E-state index contributed by atoms with van der Waals surface area (Å²) in [6, 6.07) is 48.8. The Morgan fingerprint density at radius 3 is 1.67 bits per heavy atom. The van der Waals surface area contributed by atoms with Crippen LogP contribution in [0.3, 0.4) is 0 Å². The van der Waals surface area contributed by atoms with E-state index in [-0.39, 0.29) is 0 Å². The van der Waals surface area contributed by atoms with Gasteiger partial charge in [-0.05, 0) is 84.9 Å². The van der Waals surface area contributed by atoms with Crippen LogP contribution in [-0.4, -0.2) is 0 Å². The van der Waals surface area contributed by atoms with Crippen molar-refractivity contribution in [3.8, 4) is 22.3 Å². The molecule has 194 valence electrons. The molecule has 8 aromatic carbocycles. The van der Waals surface area contributed by atoms with Crippen LogP contribution in [0, 0.1) is 0 Å². The third kappa shape index (κ3) is 2.87. The number of hydrogen-bond donors (Lipinski definition) is 0. The van der Waals surface area contributed by atoms with Crippen LogP contribution in [0.1, 0.15) is 0 Å². The largest absolute Gasteiger partial charge is 0.456 e. The van der Waals surface area contributed by atoms with Gasteiger partial charge in [-0.25, -0.2) is 0 Å². The Labute approximate surface area is 245 Å². The van der Waals surface area contributed by atoms with Gasteiger partial charge >= 0.3 is 0 Å². The summed E-state index contributed by atoms with van der Waals surface area (Å²) in [7, 11) is 0. The second-order valence-electron chi connectivity index (χ2n) is 11.2. The first-order valence-corrected chi connectivity index (χ1v) is 15.2. The number of hydrogen-bond acceptors (Lipinski definition) is 2. The molecule has 0 fully saturated rings. The highest BCUT2D eigenvalue weighted by Gasteiger charge is 2.22. The van der Waals surface area contributed by atoms with Gasteiger partial charge in [-0.15, -0.1) is 11.3 Å². The molecule has 0 aliphatic heterocycles. The molecule has 2 aromatic heterocycles. The molecule has 10 aromatic rings. The van der Waals surface area contributed by atoms with E-state index in [9.17, 15) is 0 Å². The van der Waals surface area contributed by atoms with Crippen molar-refractivity contribution in [3.63, 3.8) is 0 Å². The Kier molecular flexibility index (Phi) is 4.39. The summed E-state index contributed by atoms with van der Waals surface area (Å²) in [6.07, 6.45) is 0. The van der Waals surface area contributed by atoms with E-state index in [1.807, 2.05) is 11.3 Å². The van der Waals surface area contributed by atoms with Crippen molar-refractivity contribution < 1.29 is 4.42 Å². The van der Waals surface area contributed by atoms with E-state index in [4.69, 9.17) is 4.42 Å². The molecule has 0 saturated heterocycles. The van der Waals surface area contributed by atoms with Crippen LogP contribution >= 0.6 is 11.3 Å². The van der Waals surface area contributed by atoms with Crippen molar-refractivity contribution in [1.29, 1.82) is 0 Å². The maximum Gasteiger partial charge on any atom is 0.136 e. The highest BCUT2D eigenvalue weighted by molar-refractivity contribution is 7.25. The predicted octanol–water partition coefficient (Wildman–Crippen LogP) is 12.2. The Bertz CT molecular complexity index is 2630. The second-order valence-corrected chi connectivity index (χ2v) is 12.3. The minimum atomic E-state index is 0.946. The van der Waals surface area contributed by atoms with Gasteiger partial charge in [0, 0.05) is 30.9 Å². The lowest BCUT2D eigenvalue weighted by atomic mass is 9.83. The average molecular weight is 551 g/mol. The highest BCUT2D eigenvalue weighted by Crippen LogP contribution is 2.50. The van der Waals surface area contributed by atoms with Crippen LogP contribution in [0.15, 0.2) is 138 Å². The first-order chi connectivity index (χ1) is 20.8. The maximum absolute atomic E-state index is 6.33. The zero-order valence-electron chi connectivity index (χ0n) is 22.5. The molecule has 0 unspecified atom stereocenters. The zero-order chi connectivity index (χ0) is 27.4. The number of fused-ring (bicyclic) bond motifs is 5. The van der Waals surface area contributed by atoms with Gasteiger partial charge in [0.25, 0.3) is 0 Å². The molecular formula is C40H22OS. The molecule has 2 heteroatoms. The molecule has 0 atom stereocenters. The lowest BCUT2D eigenvalue weighted by Crippen LogP contribution is -1.92. The van der Waals surface area contributed by atoms with Crippen LogP contribution in [0.4, 0.5) is 0 Å².